The smallest absolute Gasteiger partial charge is 0.409 e. The number of carboxylic acid groups (broad SMARTS) is 1. The van der Waals surface area contributed by atoms with Crippen LogP contribution in [-0.4, -0.2) is 46.7 Å². The number of aliphatic carboxylic acids is 1. The van der Waals surface area contributed by atoms with E-state index in [2.05, 4.69) is 0 Å². The van der Waals surface area contributed by atoms with E-state index in [4.69, 9.17) is 26.1 Å². The third-order valence-electron chi connectivity index (χ3n) is 5.87. The molecule has 1 aliphatic rings. The third-order valence-corrected chi connectivity index (χ3v) is 6.11. The van der Waals surface area contributed by atoms with Crippen LogP contribution in [0.1, 0.15) is 50.3 Å². The topological polar surface area (TPSA) is 89.0 Å². The second-order valence-corrected chi connectivity index (χ2v) is 8.94. The number of pyridine rings is 1. The van der Waals surface area contributed by atoms with Crippen molar-refractivity contribution in [3.05, 3.63) is 46.6 Å². The standard InChI is InChI=1S/C25H31ClN2O5/c1-4-12-28(3)25(31)32-15-18-13-19(26)8-9-21(18)22-10-11-23(16(2)27-22)33-20-7-5-6-17(14-20)24(29)30/h8-11,13,17,20H,4-7,12,14-15H2,1-3H3,(H,29,30)/t17-,20-/m0/s1. The monoisotopic (exact) mass is 474 g/mol. The molecule has 2 atom stereocenters. The summed E-state index contributed by atoms with van der Waals surface area (Å²) in [6, 6.07) is 9.14. The number of aromatic nitrogens is 1. The van der Waals surface area contributed by atoms with Crippen molar-refractivity contribution in [2.75, 3.05) is 13.6 Å². The number of aryl methyl sites for hydroxylation is 1. The average Bonchev–Trinajstić information content (AvgIpc) is 2.79. The Morgan fingerprint density at radius 1 is 1.24 bits per heavy atom. The number of benzene rings is 1. The van der Waals surface area contributed by atoms with Crippen molar-refractivity contribution in [1.29, 1.82) is 0 Å². The molecule has 0 aliphatic heterocycles. The van der Waals surface area contributed by atoms with Gasteiger partial charge in [0.25, 0.3) is 0 Å². The van der Waals surface area contributed by atoms with Gasteiger partial charge in [-0.1, -0.05) is 24.6 Å². The summed E-state index contributed by atoms with van der Waals surface area (Å²) < 4.78 is 11.6. The van der Waals surface area contributed by atoms with E-state index in [0.29, 0.717) is 35.9 Å². The molecule has 8 heteroatoms. The quantitative estimate of drug-likeness (QED) is 0.527. The molecule has 1 aromatic carbocycles. The molecule has 3 rings (SSSR count). The Labute approximate surface area is 199 Å². The van der Waals surface area contributed by atoms with Crippen molar-refractivity contribution in [2.45, 2.75) is 58.7 Å². The molecule has 0 unspecified atom stereocenters. The number of hydrogen-bond donors (Lipinski definition) is 1. The second-order valence-electron chi connectivity index (χ2n) is 8.50. The van der Waals surface area contributed by atoms with Gasteiger partial charge in [-0.2, -0.15) is 0 Å². The third kappa shape index (κ3) is 6.60. The highest BCUT2D eigenvalue weighted by Gasteiger charge is 2.28. The highest BCUT2D eigenvalue weighted by Crippen LogP contribution is 2.32. The lowest BCUT2D eigenvalue weighted by molar-refractivity contribution is -0.143. The molecule has 1 heterocycles. The van der Waals surface area contributed by atoms with Crippen molar-refractivity contribution < 1.29 is 24.2 Å². The van der Waals surface area contributed by atoms with Crippen molar-refractivity contribution >= 4 is 23.7 Å². The van der Waals surface area contributed by atoms with Gasteiger partial charge in [0.05, 0.1) is 23.4 Å². The molecule has 1 N–H and O–H groups in total. The van der Waals surface area contributed by atoms with Crippen molar-refractivity contribution in [3.8, 4) is 17.0 Å². The van der Waals surface area contributed by atoms with E-state index in [1.807, 2.05) is 32.0 Å². The fraction of sp³-hybridized carbons (Fsp3) is 0.480. The summed E-state index contributed by atoms with van der Waals surface area (Å²) in [6.45, 7) is 4.57. The summed E-state index contributed by atoms with van der Waals surface area (Å²) in [5, 5.41) is 9.86. The van der Waals surface area contributed by atoms with Crippen LogP contribution < -0.4 is 4.74 Å². The van der Waals surface area contributed by atoms with E-state index >= 15 is 0 Å². The van der Waals surface area contributed by atoms with Crippen molar-refractivity contribution in [3.63, 3.8) is 0 Å². The Morgan fingerprint density at radius 2 is 2.03 bits per heavy atom. The van der Waals surface area contributed by atoms with Gasteiger partial charge in [0, 0.05) is 29.7 Å². The molecule has 0 bridgehead atoms. The minimum Gasteiger partial charge on any atom is -0.489 e. The van der Waals surface area contributed by atoms with E-state index in [0.717, 1.165) is 36.1 Å². The van der Waals surface area contributed by atoms with Gasteiger partial charge in [-0.3, -0.25) is 4.79 Å². The van der Waals surface area contributed by atoms with Gasteiger partial charge in [-0.15, -0.1) is 0 Å². The Kier molecular flexibility index (Phi) is 8.55. The van der Waals surface area contributed by atoms with Crippen LogP contribution in [0.2, 0.25) is 5.02 Å². The lowest BCUT2D eigenvalue weighted by Gasteiger charge is -2.27. The molecular weight excluding hydrogens is 444 g/mol. The molecular formula is C25H31ClN2O5. The Hall–Kier alpha value is -2.80. The van der Waals surface area contributed by atoms with Crippen LogP contribution in [0.25, 0.3) is 11.3 Å². The molecule has 1 fully saturated rings. The molecule has 1 saturated carbocycles. The Morgan fingerprint density at radius 3 is 2.73 bits per heavy atom. The normalized spacial score (nSPS) is 17.9. The molecule has 1 aliphatic carbocycles. The van der Waals surface area contributed by atoms with E-state index in [1.165, 1.54) is 0 Å². The number of ether oxygens (including phenoxy) is 2. The van der Waals surface area contributed by atoms with Crippen LogP contribution in [0.3, 0.4) is 0 Å². The fourth-order valence-electron chi connectivity index (χ4n) is 4.09. The van der Waals surface area contributed by atoms with Gasteiger partial charge in [0.15, 0.2) is 0 Å². The maximum atomic E-state index is 12.2. The van der Waals surface area contributed by atoms with Crippen molar-refractivity contribution in [2.24, 2.45) is 5.92 Å². The lowest BCUT2D eigenvalue weighted by atomic mass is 9.87. The number of hydrogen-bond acceptors (Lipinski definition) is 5. The first-order chi connectivity index (χ1) is 15.8. The zero-order valence-electron chi connectivity index (χ0n) is 19.3. The maximum absolute atomic E-state index is 12.2. The van der Waals surface area contributed by atoms with Crippen molar-refractivity contribution in [1.82, 2.24) is 9.88 Å². The van der Waals surface area contributed by atoms with Gasteiger partial charge < -0.3 is 19.5 Å². The predicted octanol–water partition coefficient (Wildman–Crippen LogP) is 5.71. The van der Waals surface area contributed by atoms with Gasteiger partial charge in [0.1, 0.15) is 12.4 Å². The molecule has 7 nitrogen and oxygen atoms in total. The summed E-state index contributed by atoms with van der Waals surface area (Å²) >= 11 is 6.20. The molecule has 1 amide bonds. The zero-order chi connectivity index (χ0) is 24.0. The summed E-state index contributed by atoms with van der Waals surface area (Å²) in [5.41, 5.74) is 3.02. The summed E-state index contributed by atoms with van der Waals surface area (Å²) in [7, 11) is 1.71. The molecule has 178 valence electrons. The summed E-state index contributed by atoms with van der Waals surface area (Å²) in [5.74, 6) is -0.463. The number of halogens is 1. The highest BCUT2D eigenvalue weighted by molar-refractivity contribution is 6.30. The van der Waals surface area contributed by atoms with E-state index in [9.17, 15) is 14.7 Å². The van der Waals surface area contributed by atoms with E-state index in [1.54, 1.807) is 24.1 Å². The molecule has 0 radical (unpaired) electrons. The van der Waals surface area contributed by atoms with Crippen LogP contribution in [0.15, 0.2) is 30.3 Å². The average molecular weight is 475 g/mol. The molecule has 1 aromatic heterocycles. The van der Waals surface area contributed by atoms with Crippen LogP contribution in [0.5, 0.6) is 5.75 Å². The van der Waals surface area contributed by atoms with Gasteiger partial charge in [0.2, 0.25) is 0 Å². The number of nitrogens with zero attached hydrogens (tertiary/aromatic N) is 2. The highest BCUT2D eigenvalue weighted by atomic mass is 35.5. The molecule has 33 heavy (non-hydrogen) atoms. The first-order valence-electron chi connectivity index (χ1n) is 11.3. The first kappa shape index (κ1) is 24.8. The van der Waals surface area contributed by atoms with E-state index < -0.39 is 5.97 Å². The molecule has 2 aromatic rings. The van der Waals surface area contributed by atoms with Crippen LogP contribution >= 0.6 is 11.6 Å². The van der Waals surface area contributed by atoms with Gasteiger partial charge in [-0.05, 0) is 63.3 Å². The maximum Gasteiger partial charge on any atom is 0.409 e. The fourth-order valence-corrected chi connectivity index (χ4v) is 4.28. The number of rotatable bonds is 8. The SMILES string of the molecule is CCCN(C)C(=O)OCc1cc(Cl)ccc1-c1ccc(O[C@H]2CCC[C@H](C(=O)O)C2)c(C)n1. The zero-order valence-corrected chi connectivity index (χ0v) is 20.1. The first-order valence-corrected chi connectivity index (χ1v) is 11.7. The molecule has 0 spiro atoms. The minimum atomic E-state index is -0.759. The number of carbonyl (C=O) groups is 2. The van der Waals surface area contributed by atoms with E-state index in [-0.39, 0.29) is 24.7 Å². The van der Waals surface area contributed by atoms with Gasteiger partial charge >= 0.3 is 12.1 Å². The van der Waals surface area contributed by atoms with Crippen LogP contribution in [0.4, 0.5) is 4.79 Å². The predicted molar refractivity (Wildman–Crippen MR) is 127 cm³/mol. The summed E-state index contributed by atoms with van der Waals surface area (Å²) in [6.07, 6.45) is 3.22. The Bertz CT molecular complexity index is 997. The minimum absolute atomic E-state index is 0.0837. The van der Waals surface area contributed by atoms with Gasteiger partial charge in [-0.25, -0.2) is 9.78 Å². The Balaban J connectivity index is 1.75. The number of carbonyl (C=O) groups excluding carboxylic acids is 1. The van der Waals surface area contributed by atoms with Crippen LogP contribution in [-0.2, 0) is 16.1 Å². The number of amides is 1. The lowest BCUT2D eigenvalue weighted by Crippen LogP contribution is -2.29. The van der Waals surface area contributed by atoms with Crippen LogP contribution in [0, 0.1) is 12.8 Å². The number of carboxylic acids is 1. The molecule has 0 saturated heterocycles. The largest absolute Gasteiger partial charge is 0.489 e. The summed E-state index contributed by atoms with van der Waals surface area (Å²) in [4.78, 5) is 29.8. The second kappa shape index (κ2) is 11.4.